The molecule has 0 atom stereocenters. The Hall–Kier alpha value is -1.49. The van der Waals surface area contributed by atoms with Gasteiger partial charge in [0, 0.05) is 13.1 Å². The van der Waals surface area contributed by atoms with Crippen molar-refractivity contribution in [3.05, 3.63) is 35.4 Å². The average molecular weight is 256 g/mol. The van der Waals surface area contributed by atoms with Crippen LogP contribution in [0.3, 0.4) is 0 Å². The molecule has 0 aliphatic heterocycles. The SMILES string of the molecule is CCCN(CCCN)C(=O)c1c(F)cccc1F. The van der Waals surface area contributed by atoms with Crippen LogP contribution in [0.25, 0.3) is 0 Å². The van der Waals surface area contributed by atoms with Crippen LogP contribution in [0.15, 0.2) is 18.2 Å². The van der Waals surface area contributed by atoms with Crippen molar-refractivity contribution in [2.24, 2.45) is 5.73 Å². The van der Waals surface area contributed by atoms with Gasteiger partial charge in [-0.15, -0.1) is 0 Å². The van der Waals surface area contributed by atoms with Crippen LogP contribution in [0.1, 0.15) is 30.1 Å². The van der Waals surface area contributed by atoms with E-state index in [1.165, 1.54) is 11.0 Å². The van der Waals surface area contributed by atoms with Crippen LogP contribution >= 0.6 is 0 Å². The zero-order chi connectivity index (χ0) is 13.5. The number of carbonyl (C=O) groups is 1. The summed E-state index contributed by atoms with van der Waals surface area (Å²) in [7, 11) is 0. The van der Waals surface area contributed by atoms with Crippen LogP contribution in [-0.2, 0) is 0 Å². The summed E-state index contributed by atoms with van der Waals surface area (Å²) in [6.07, 6.45) is 1.34. The van der Waals surface area contributed by atoms with Gasteiger partial charge in [-0.1, -0.05) is 13.0 Å². The molecule has 0 bridgehead atoms. The summed E-state index contributed by atoms with van der Waals surface area (Å²) in [5.74, 6) is -2.26. The molecule has 0 radical (unpaired) electrons. The molecule has 0 heterocycles. The third kappa shape index (κ3) is 3.50. The Morgan fingerprint density at radius 2 is 1.89 bits per heavy atom. The zero-order valence-corrected chi connectivity index (χ0v) is 10.5. The fraction of sp³-hybridized carbons (Fsp3) is 0.462. The van der Waals surface area contributed by atoms with E-state index in [2.05, 4.69) is 0 Å². The Labute approximate surface area is 106 Å². The first-order valence-corrected chi connectivity index (χ1v) is 6.05. The highest BCUT2D eigenvalue weighted by molar-refractivity contribution is 5.94. The molecule has 0 aliphatic rings. The molecule has 1 amide bonds. The number of hydrogen-bond acceptors (Lipinski definition) is 2. The van der Waals surface area contributed by atoms with Crippen molar-refractivity contribution in [3.63, 3.8) is 0 Å². The predicted molar refractivity (Wildman–Crippen MR) is 66.2 cm³/mol. The van der Waals surface area contributed by atoms with Crippen LogP contribution in [0.5, 0.6) is 0 Å². The first-order chi connectivity index (χ1) is 8.61. The minimum Gasteiger partial charge on any atom is -0.338 e. The molecule has 0 aliphatic carbocycles. The Morgan fingerprint density at radius 3 is 2.39 bits per heavy atom. The molecule has 2 N–H and O–H groups in total. The van der Waals surface area contributed by atoms with Crippen molar-refractivity contribution in [1.82, 2.24) is 4.90 Å². The monoisotopic (exact) mass is 256 g/mol. The van der Waals surface area contributed by atoms with E-state index < -0.39 is 23.1 Å². The van der Waals surface area contributed by atoms with Crippen molar-refractivity contribution < 1.29 is 13.6 Å². The second-order valence-electron chi connectivity index (χ2n) is 4.03. The van der Waals surface area contributed by atoms with Gasteiger partial charge in [-0.2, -0.15) is 0 Å². The molecule has 0 aromatic heterocycles. The van der Waals surface area contributed by atoms with E-state index >= 15 is 0 Å². The second-order valence-corrected chi connectivity index (χ2v) is 4.03. The van der Waals surface area contributed by atoms with E-state index in [1.807, 2.05) is 6.92 Å². The highest BCUT2D eigenvalue weighted by Gasteiger charge is 2.22. The molecule has 1 rings (SSSR count). The Kier molecular flexibility index (Phi) is 5.71. The standard InChI is InChI=1S/C13H18F2N2O/c1-2-8-17(9-4-7-16)13(18)12-10(14)5-3-6-11(12)15/h3,5-6H,2,4,7-9,16H2,1H3. The summed E-state index contributed by atoms with van der Waals surface area (Å²) in [4.78, 5) is 13.5. The number of amides is 1. The van der Waals surface area contributed by atoms with Gasteiger partial charge >= 0.3 is 0 Å². The lowest BCUT2D eigenvalue weighted by molar-refractivity contribution is 0.0745. The number of nitrogens with zero attached hydrogens (tertiary/aromatic N) is 1. The lowest BCUT2D eigenvalue weighted by atomic mass is 10.1. The number of hydrogen-bond donors (Lipinski definition) is 1. The van der Waals surface area contributed by atoms with Crippen molar-refractivity contribution in [3.8, 4) is 0 Å². The summed E-state index contributed by atoms with van der Waals surface area (Å²) >= 11 is 0. The van der Waals surface area contributed by atoms with Crippen molar-refractivity contribution in [2.75, 3.05) is 19.6 Å². The molecule has 5 heteroatoms. The molecule has 0 unspecified atom stereocenters. The maximum atomic E-state index is 13.5. The molecule has 0 fully saturated rings. The van der Waals surface area contributed by atoms with Crippen LogP contribution in [0.4, 0.5) is 8.78 Å². The largest absolute Gasteiger partial charge is 0.338 e. The first-order valence-electron chi connectivity index (χ1n) is 6.05. The maximum absolute atomic E-state index is 13.5. The quantitative estimate of drug-likeness (QED) is 0.847. The van der Waals surface area contributed by atoms with E-state index in [4.69, 9.17) is 5.73 Å². The van der Waals surface area contributed by atoms with Gasteiger partial charge in [0.2, 0.25) is 0 Å². The van der Waals surface area contributed by atoms with Crippen LogP contribution < -0.4 is 5.73 Å². The van der Waals surface area contributed by atoms with Gasteiger partial charge in [0.25, 0.3) is 5.91 Å². The normalized spacial score (nSPS) is 10.4. The van der Waals surface area contributed by atoms with E-state index in [9.17, 15) is 13.6 Å². The molecule has 0 saturated heterocycles. The van der Waals surface area contributed by atoms with Gasteiger partial charge in [0.1, 0.15) is 17.2 Å². The number of benzene rings is 1. The van der Waals surface area contributed by atoms with E-state index in [-0.39, 0.29) is 0 Å². The number of halogens is 2. The molecule has 18 heavy (non-hydrogen) atoms. The van der Waals surface area contributed by atoms with Gasteiger partial charge in [0.05, 0.1) is 0 Å². The van der Waals surface area contributed by atoms with Gasteiger partial charge in [-0.05, 0) is 31.5 Å². The number of rotatable bonds is 6. The summed E-state index contributed by atoms with van der Waals surface area (Å²) in [5, 5.41) is 0. The second kappa shape index (κ2) is 7.06. The van der Waals surface area contributed by atoms with Gasteiger partial charge in [0.15, 0.2) is 0 Å². The maximum Gasteiger partial charge on any atom is 0.259 e. The van der Waals surface area contributed by atoms with Gasteiger partial charge < -0.3 is 10.6 Å². The Bertz CT molecular complexity index is 390. The van der Waals surface area contributed by atoms with Crippen LogP contribution in [0, 0.1) is 11.6 Å². The third-order valence-electron chi connectivity index (χ3n) is 2.59. The molecule has 0 saturated carbocycles. The van der Waals surface area contributed by atoms with Crippen LogP contribution in [-0.4, -0.2) is 30.4 Å². The first kappa shape index (κ1) is 14.6. The molecule has 0 spiro atoms. The van der Waals surface area contributed by atoms with Crippen molar-refractivity contribution in [1.29, 1.82) is 0 Å². The van der Waals surface area contributed by atoms with E-state index in [0.29, 0.717) is 26.1 Å². The number of nitrogens with two attached hydrogens (primary N) is 1. The highest BCUT2D eigenvalue weighted by Crippen LogP contribution is 2.15. The lowest BCUT2D eigenvalue weighted by Crippen LogP contribution is -2.34. The molecule has 1 aromatic rings. The molecule has 1 aromatic carbocycles. The third-order valence-corrected chi connectivity index (χ3v) is 2.59. The average Bonchev–Trinajstić information content (AvgIpc) is 2.34. The molecule has 100 valence electrons. The minimum atomic E-state index is -0.825. The van der Waals surface area contributed by atoms with Crippen LogP contribution in [0.2, 0.25) is 0 Å². The fourth-order valence-corrected chi connectivity index (χ4v) is 1.73. The number of carbonyl (C=O) groups excluding carboxylic acids is 1. The highest BCUT2D eigenvalue weighted by atomic mass is 19.1. The molecular weight excluding hydrogens is 238 g/mol. The Balaban J connectivity index is 2.94. The predicted octanol–water partition coefficient (Wildman–Crippen LogP) is 2.17. The molecule has 3 nitrogen and oxygen atoms in total. The lowest BCUT2D eigenvalue weighted by Gasteiger charge is -2.22. The summed E-state index contributed by atoms with van der Waals surface area (Å²) in [6, 6.07) is 3.41. The minimum absolute atomic E-state index is 0.414. The zero-order valence-electron chi connectivity index (χ0n) is 10.5. The van der Waals surface area contributed by atoms with E-state index in [0.717, 1.165) is 18.6 Å². The summed E-state index contributed by atoms with van der Waals surface area (Å²) in [6.45, 7) is 3.22. The van der Waals surface area contributed by atoms with Gasteiger partial charge in [-0.25, -0.2) is 8.78 Å². The Morgan fingerprint density at radius 1 is 1.28 bits per heavy atom. The van der Waals surface area contributed by atoms with Crippen molar-refractivity contribution >= 4 is 5.91 Å². The summed E-state index contributed by atoms with van der Waals surface area (Å²) in [5.41, 5.74) is 4.90. The van der Waals surface area contributed by atoms with Crippen molar-refractivity contribution in [2.45, 2.75) is 19.8 Å². The topological polar surface area (TPSA) is 46.3 Å². The summed E-state index contributed by atoms with van der Waals surface area (Å²) < 4.78 is 27.0. The molecular formula is C13H18F2N2O. The fourth-order valence-electron chi connectivity index (χ4n) is 1.73. The van der Waals surface area contributed by atoms with Gasteiger partial charge in [-0.3, -0.25) is 4.79 Å². The smallest absolute Gasteiger partial charge is 0.259 e. The van der Waals surface area contributed by atoms with E-state index in [1.54, 1.807) is 0 Å².